The molecule has 0 saturated heterocycles. The summed E-state index contributed by atoms with van der Waals surface area (Å²) in [5.74, 6) is 0. The molecule has 8 aromatic rings. The van der Waals surface area contributed by atoms with Crippen LogP contribution in [0.15, 0.2) is 170 Å². The molecule has 0 unspecified atom stereocenters. The first-order chi connectivity index (χ1) is 22.7. The molecule has 1 nitrogen and oxygen atoms in total. The molecule has 0 aliphatic rings. The van der Waals surface area contributed by atoms with Crippen molar-refractivity contribution in [3.63, 3.8) is 0 Å². The van der Waals surface area contributed by atoms with Crippen LogP contribution in [0.2, 0.25) is 0 Å². The van der Waals surface area contributed by atoms with Crippen LogP contribution in [0.4, 0.5) is 0 Å². The van der Waals surface area contributed by atoms with Gasteiger partial charge in [-0.3, -0.25) is 0 Å². The molecular formula is C45H33N. The molecule has 8 aromatic carbocycles. The van der Waals surface area contributed by atoms with Gasteiger partial charge in [-0.1, -0.05) is 158 Å². The molecule has 0 bridgehead atoms. The third-order valence-electron chi connectivity index (χ3n) is 9.22. The Bertz CT molecular complexity index is 2420. The van der Waals surface area contributed by atoms with E-state index in [-0.39, 0.29) is 0 Å². The summed E-state index contributed by atoms with van der Waals surface area (Å²) in [6.45, 7) is 2.01. The SMILES string of the molecule is C/C=C\C(=C/N)c1ccc(-c2ccc(-c3c4ccccc4c(-c4ccc5ccccc5c4)c4ccccc34)c3ccccc23)cc1. The molecule has 0 heterocycles. The fourth-order valence-corrected chi connectivity index (χ4v) is 7.11. The highest BCUT2D eigenvalue weighted by atomic mass is 14.5. The van der Waals surface area contributed by atoms with E-state index < -0.39 is 0 Å². The molecule has 0 atom stereocenters. The smallest absolute Gasteiger partial charge is 0.00174 e. The van der Waals surface area contributed by atoms with Crippen LogP contribution in [-0.4, -0.2) is 0 Å². The molecule has 8 rings (SSSR count). The second kappa shape index (κ2) is 11.5. The zero-order valence-electron chi connectivity index (χ0n) is 25.7. The summed E-state index contributed by atoms with van der Waals surface area (Å²) in [5.41, 5.74) is 15.5. The number of benzene rings is 8. The number of hydrogen-bond acceptors (Lipinski definition) is 1. The predicted octanol–water partition coefficient (Wildman–Crippen LogP) is 12.2. The van der Waals surface area contributed by atoms with E-state index >= 15 is 0 Å². The Labute approximate surface area is 269 Å². The average molecular weight is 588 g/mol. The molecule has 0 aromatic heterocycles. The van der Waals surface area contributed by atoms with Crippen LogP contribution in [0.5, 0.6) is 0 Å². The van der Waals surface area contributed by atoms with Gasteiger partial charge in [-0.05, 0) is 101 Å². The molecule has 0 radical (unpaired) electrons. The Balaban J connectivity index is 1.37. The van der Waals surface area contributed by atoms with Gasteiger partial charge in [0, 0.05) is 6.20 Å². The quantitative estimate of drug-likeness (QED) is 0.157. The summed E-state index contributed by atoms with van der Waals surface area (Å²) in [6.07, 6.45) is 5.72. The van der Waals surface area contributed by atoms with E-state index in [1.165, 1.54) is 76.5 Å². The number of rotatable bonds is 5. The highest BCUT2D eigenvalue weighted by Gasteiger charge is 2.19. The van der Waals surface area contributed by atoms with Crippen molar-refractivity contribution in [1.29, 1.82) is 0 Å². The maximum absolute atomic E-state index is 5.92. The minimum absolute atomic E-state index is 1.01. The van der Waals surface area contributed by atoms with E-state index in [0.717, 1.165) is 11.1 Å². The molecule has 0 aliphatic carbocycles. The Morgan fingerprint density at radius 1 is 0.457 bits per heavy atom. The Morgan fingerprint density at radius 3 is 1.57 bits per heavy atom. The topological polar surface area (TPSA) is 26.0 Å². The Hall–Kier alpha value is -5.92. The lowest BCUT2D eigenvalue weighted by Gasteiger charge is -2.20. The Kier molecular flexibility index (Phi) is 6.93. The molecule has 0 spiro atoms. The van der Waals surface area contributed by atoms with Gasteiger partial charge in [0.25, 0.3) is 0 Å². The molecule has 0 fully saturated rings. The first-order valence-electron chi connectivity index (χ1n) is 15.9. The minimum atomic E-state index is 1.01. The summed E-state index contributed by atoms with van der Waals surface area (Å²) in [6, 6.07) is 55.4. The van der Waals surface area contributed by atoms with Crippen molar-refractivity contribution in [3.8, 4) is 33.4 Å². The highest BCUT2D eigenvalue weighted by molar-refractivity contribution is 6.24. The molecule has 2 N–H and O–H groups in total. The second-order valence-corrected chi connectivity index (χ2v) is 11.8. The van der Waals surface area contributed by atoms with Crippen LogP contribution < -0.4 is 5.73 Å². The maximum Gasteiger partial charge on any atom is 0.00174 e. The van der Waals surface area contributed by atoms with Gasteiger partial charge in [0.1, 0.15) is 0 Å². The second-order valence-electron chi connectivity index (χ2n) is 11.8. The number of allylic oxidation sites excluding steroid dienone is 3. The first kappa shape index (κ1) is 27.6. The fraction of sp³-hybridized carbons (Fsp3) is 0.0222. The number of hydrogen-bond donors (Lipinski definition) is 1. The normalized spacial score (nSPS) is 12.2. The lowest BCUT2D eigenvalue weighted by atomic mass is 9.83. The van der Waals surface area contributed by atoms with Crippen molar-refractivity contribution in [1.82, 2.24) is 0 Å². The van der Waals surface area contributed by atoms with Crippen LogP contribution in [0.1, 0.15) is 12.5 Å². The molecule has 0 aliphatic heterocycles. The zero-order chi connectivity index (χ0) is 31.0. The lowest BCUT2D eigenvalue weighted by Crippen LogP contribution is -1.93. The number of fused-ring (bicyclic) bond motifs is 4. The summed E-state index contributed by atoms with van der Waals surface area (Å²) in [7, 11) is 0. The van der Waals surface area contributed by atoms with Crippen molar-refractivity contribution in [2.24, 2.45) is 5.73 Å². The number of nitrogens with two attached hydrogens (primary N) is 1. The molecule has 1 heteroatoms. The lowest BCUT2D eigenvalue weighted by molar-refractivity contribution is 1.54. The predicted molar refractivity (Wildman–Crippen MR) is 200 cm³/mol. The zero-order valence-corrected chi connectivity index (χ0v) is 25.7. The fourth-order valence-electron chi connectivity index (χ4n) is 7.11. The van der Waals surface area contributed by atoms with Gasteiger partial charge in [-0.15, -0.1) is 0 Å². The van der Waals surface area contributed by atoms with Crippen LogP contribution in [0.3, 0.4) is 0 Å². The van der Waals surface area contributed by atoms with Crippen LogP contribution in [0.25, 0.3) is 82.0 Å². The summed E-state index contributed by atoms with van der Waals surface area (Å²) in [4.78, 5) is 0. The monoisotopic (exact) mass is 587 g/mol. The third-order valence-corrected chi connectivity index (χ3v) is 9.22. The van der Waals surface area contributed by atoms with Gasteiger partial charge >= 0.3 is 0 Å². The summed E-state index contributed by atoms with van der Waals surface area (Å²) < 4.78 is 0. The van der Waals surface area contributed by atoms with E-state index in [1.807, 2.05) is 19.1 Å². The van der Waals surface area contributed by atoms with Crippen LogP contribution in [-0.2, 0) is 0 Å². The van der Waals surface area contributed by atoms with E-state index in [1.54, 1.807) is 6.20 Å². The van der Waals surface area contributed by atoms with Gasteiger partial charge in [0.05, 0.1) is 0 Å². The van der Waals surface area contributed by atoms with Gasteiger partial charge in [-0.2, -0.15) is 0 Å². The molecule has 46 heavy (non-hydrogen) atoms. The van der Waals surface area contributed by atoms with Gasteiger partial charge in [-0.25, -0.2) is 0 Å². The van der Waals surface area contributed by atoms with E-state index in [9.17, 15) is 0 Å². The minimum Gasteiger partial charge on any atom is -0.404 e. The van der Waals surface area contributed by atoms with Crippen molar-refractivity contribution in [2.45, 2.75) is 6.92 Å². The highest BCUT2D eigenvalue weighted by Crippen LogP contribution is 2.46. The molecule has 218 valence electrons. The van der Waals surface area contributed by atoms with Crippen molar-refractivity contribution < 1.29 is 0 Å². The van der Waals surface area contributed by atoms with Crippen LogP contribution in [0, 0.1) is 0 Å². The van der Waals surface area contributed by atoms with Gasteiger partial charge in [0.15, 0.2) is 0 Å². The summed E-state index contributed by atoms with van der Waals surface area (Å²) in [5, 5.41) is 10.0. The Morgan fingerprint density at radius 2 is 0.957 bits per heavy atom. The third kappa shape index (κ3) is 4.57. The largest absolute Gasteiger partial charge is 0.404 e. The average Bonchev–Trinajstić information content (AvgIpc) is 3.12. The first-order valence-corrected chi connectivity index (χ1v) is 15.9. The van der Waals surface area contributed by atoms with E-state index in [4.69, 9.17) is 5.73 Å². The van der Waals surface area contributed by atoms with Crippen molar-refractivity contribution in [3.05, 3.63) is 176 Å². The molecule has 0 amide bonds. The van der Waals surface area contributed by atoms with Crippen molar-refractivity contribution >= 4 is 48.7 Å². The van der Waals surface area contributed by atoms with E-state index in [2.05, 4.69) is 152 Å². The van der Waals surface area contributed by atoms with Crippen LogP contribution >= 0.6 is 0 Å². The standard InChI is InChI=1S/C45H33N/c1-2-11-35(29-46)31-20-23-32(24-21-31)36-26-27-43(38-15-6-5-14-37(36)38)45-41-18-9-7-16-39(41)44(40-17-8-10-19-42(40)45)34-25-22-30-12-3-4-13-33(30)28-34/h2-29H,46H2,1H3/b11-2-,35-29+. The maximum atomic E-state index is 5.92. The summed E-state index contributed by atoms with van der Waals surface area (Å²) >= 11 is 0. The molecular weight excluding hydrogens is 555 g/mol. The van der Waals surface area contributed by atoms with Gasteiger partial charge in [0.2, 0.25) is 0 Å². The van der Waals surface area contributed by atoms with Crippen molar-refractivity contribution in [2.75, 3.05) is 0 Å². The van der Waals surface area contributed by atoms with E-state index in [0.29, 0.717) is 0 Å². The molecule has 0 saturated carbocycles. The van der Waals surface area contributed by atoms with Gasteiger partial charge < -0.3 is 5.73 Å².